The van der Waals surface area contributed by atoms with Crippen LogP contribution in [0.4, 0.5) is 4.39 Å². The van der Waals surface area contributed by atoms with Gasteiger partial charge in [0.05, 0.1) is 12.7 Å². The summed E-state index contributed by atoms with van der Waals surface area (Å²) in [4.78, 5) is 0. The average molecular weight is 241 g/mol. The van der Waals surface area contributed by atoms with Crippen molar-refractivity contribution in [2.24, 2.45) is 5.73 Å². The van der Waals surface area contributed by atoms with Crippen LogP contribution in [0.5, 0.6) is 5.75 Å². The summed E-state index contributed by atoms with van der Waals surface area (Å²) < 4.78 is 18.9. The Bertz CT molecular complexity index is 380. The first kappa shape index (κ1) is 13.9. The predicted molar refractivity (Wildman–Crippen MR) is 65.5 cm³/mol. The quantitative estimate of drug-likeness (QED) is 0.829. The van der Waals surface area contributed by atoms with Crippen LogP contribution in [0.3, 0.4) is 0 Å². The number of nitrogens with two attached hydrogens (primary N) is 1. The zero-order valence-electron chi connectivity index (χ0n) is 10.5. The van der Waals surface area contributed by atoms with Gasteiger partial charge in [0.15, 0.2) is 11.6 Å². The molecule has 4 heteroatoms. The third-order valence-electron chi connectivity index (χ3n) is 2.53. The molecule has 0 saturated heterocycles. The van der Waals surface area contributed by atoms with Crippen LogP contribution in [-0.4, -0.2) is 23.4 Å². The first-order chi connectivity index (χ1) is 7.84. The van der Waals surface area contributed by atoms with Crippen molar-refractivity contribution >= 4 is 0 Å². The number of aryl methyl sites for hydroxylation is 1. The molecule has 2 atom stereocenters. The highest BCUT2D eigenvalue weighted by molar-refractivity contribution is 5.29. The third-order valence-corrected chi connectivity index (χ3v) is 2.53. The van der Waals surface area contributed by atoms with Gasteiger partial charge >= 0.3 is 0 Å². The second kappa shape index (κ2) is 5.47. The smallest absolute Gasteiger partial charge is 0.165 e. The molecule has 1 aromatic carbocycles. The Morgan fingerprint density at radius 2 is 2.18 bits per heavy atom. The highest BCUT2D eigenvalue weighted by Gasteiger charge is 2.22. The molecule has 0 aliphatic carbocycles. The van der Waals surface area contributed by atoms with Crippen LogP contribution in [0, 0.1) is 12.7 Å². The molecule has 0 heterocycles. The molecule has 96 valence electrons. The number of hydrogen-bond donors (Lipinski definition) is 2. The molecule has 0 aliphatic heterocycles. The van der Waals surface area contributed by atoms with E-state index in [1.807, 2.05) is 13.8 Å². The van der Waals surface area contributed by atoms with E-state index in [2.05, 4.69) is 0 Å². The molecular formula is C13H20FNO2. The van der Waals surface area contributed by atoms with Gasteiger partial charge in [0.1, 0.15) is 0 Å². The van der Waals surface area contributed by atoms with Gasteiger partial charge < -0.3 is 15.6 Å². The summed E-state index contributed by atoms with van der Waals surface area (Å²) >= 11 is 0. The summed E-state index contributed by atoms with van der Waals surface area (Å²) in [6.07, 6.45) is 0.199. The SMILES string of the molecule is Cc1ccc(F)c(OC(C)CC(C)(N)CO)c1. The lowest BCUT2D eigenvalue weighted by molar-refractivity contribution is 0.130. The van der Waals surface area contributed by atoms with Crippen LogP contribution < -0.4 is 10.5 Å². The first-order valence-corrected chi connectivity index (χ1v) is 5.66. The Kier molecular flexibility index (Phi) is 4.48. The Labute approximate surface area is 101 Å². The summed E-state index contributed by atoms with van der Waals surface area (Å²) in [6, 6.07) is 4.72. The Morgan fingerprint density at radius 1 is 1.53 bits per heavy atom. The Morgan fingerprint density at radius 3 is 2.76 bits per heavy atom. The first-order valence-electron chi connectivity index (χ1n) is 5.66. The van der Waals surface area contributed by atoms with Gasteiger partial charge in [-0.2, -0.15) is 0 Å². The Hall–Kier alpha value is -1.13. The van der Waals surface area contributed by atoms with Gasteiger partial charge in [0, 0.05) is 12.0 Å². The third kappa shape index (κ3) is 4.32. The average Bonchev–Trinajstić information content (AvgIpc) is 2.23. The molecule has 0 saturated carbocycles. The van der Waals surface area contributed by atoms with E-state index in [1.54, 1.807) is 19.1 Å². The van der Waals surface area contributed by atoms with E-state index in [1.165, 1.54) is 6.07 Å². The molecule has 2 unspecified atom stereocenters. The van der Waals surface area contributed by atoms with E-state index in [0.29, 0.717) is 6.42 Å². The fourth-order valence-corrected chi connectivity index (χ4v) is 1.68. The second-order valence-electron chi connectivity index (χ2n) is 4.88. The van der Waals surface area contributed by atoms with Crippen LogP contribution >= 0.6 is 0 Å². The number of benzene rings is 1. The van der Waals surface area contributed by atoms with Gasteiger partial charge in [-0.3, -0.25) is 0 Å². The monoisotopic (exact) mass is 241 g/mol. The lowest BCUT2D eigenvalue weighted by Crippen LogP contribution is -2.43. The molecule has 0 bridgehead atoms. The largest absolute Gasteiger partial charge is 0.488 e. The van der Waals surface area contributed by atoms with Crippen LogP contribution in [0.2, 0.25) is 0 Å². The molecule has 0 spiro atoms. The lowest BCUT2D eigenvalue weighted by atomic mass is 9.97. The van der Waals surface area contributed by atoms with Crippen molar-refractivity contribution in [3.8, 4) is 5.75 Å². The number of aliphatic hydroxyl groups is 1. The van der Waals surface area contributed by atoms with E-state index in [4.69, 9.17) is 15.6 Å². The van der Waals surface area contributed by atoms with E-state index in [0.717, 1.165) is 5.56 Å². The maximum atomic E-state index is 13.4. The molecule has 3 N–H and O–H groups in total. The standard InChI is InChI=1S/C13H20FNO2/c1-9-4-5-11(14)12(6-9)17-10(2)7-13(3,15)8-16/h4-6,10,16H,7-8,15H2,1-3H3. The fourth-order valence-electron chi connectivity index (χ4n) is 1.68. The minimum Gasteiger partial charge on any atom is -0.488 e. The number of hydrogen-bond acceptors (Lipinski definition) is 3. The molecule has 3 nitrogen and oxygen atoms in total. The predicted octanol–water partition coefficient (Wildman–Crippen LogP) is 2.00. The van der Waals surface area contributed by atoms with Crippen molar-refractivity contribution in [3.05, 3.63) is 29.6 Å². The Balaban J connectivity index is 2.68. The molecule has 17 heavy (non-hydrogen) atoms. The molecule has 1 rings (SSSR count). The topological polar surface area (TPSA) is 55.5 Å². The van der Waals surface area contributed by atoms with Gasteiger partial charge in [-0.15, -0.1) is 0 Å². The maximum Gasteiger partial charge on any atom is 0.165 e. The molecule has 1 aromatic rings. The zero-order valence-corrected chi connectivity index (χ0v) is 10.5. The van der Waals surface area contributed by atoms with Gasteiger partial charge in [0.2, 0.25) is 0 Å². The van der Waals surface area contributed by atoms with Crippen LogP contribution in [0.15, 0.2) is 18.2 Å². The summed E-state index contributed by atoms with van der Waals surface area (Å²) in [5.74, 6) is -0.156. The van der Waals surface area contributed by atoms with Crippen molar-refractivity contribution in [1.29, 1.82) is 0 Å². The van der Waals surface area contributed by atoms with Crippen LogP contribution in [0.25, 0.3) is 0 Å². The van der Waals surface area contributed by atoms with Crippen molar-refractivity contribution in [2.75, 3.05) is 6.61 Å². The van der Waals surface area contributed by atoms with Crippen molar-refractivity contribution in [1.82, 2.24) is 0 Å². The van der Waals surface area contributed by atoms with Crippen LogP contribution in [-0.2, 0) is 0 Å². The minimum atomic E-state index is -0.709. The number of halogens is 1. The summed E-state index contributed by atoms with van der Waals surface area (Å²) in [6.45, 7) is 5.29. The molecular weight excluding hydrogens is 221 g/mol. The summed E-state index contributed by atoms with van der Waals surface area (Å²) in [5.41, 5.74) is 6.04. The van der Waals surface area contributed by atoms with Gasteiger partial charge in [-0.25, -0.2) is 4.39 Å². The van der Waals surface area contributed by atoms with Gasteiger partial charge in [-0.05, 0) is 38.5 Å². The minimum absolute atomic E-state index is 0.128. The van der Waals surface area contributed by atoms with E-state index >= 15 is 0 Å². The lowest BCUT2D eigenvalue weighted by Gasteiger charge is -2.26. The number of aliphatic hydroxyl groups excluding tert-OH is 1. The van der Waals surface area contributed by atoms with Gasteiger partial charge in [-0.1, -0.05) is 6.07 Å². The van der Waals surface area contributed by atoms with Crippen molar-refractivity contribution in [3.63, 3.8) is 0 Å². The highest BCUT2D eigenvalue weighted by atomic mass is 19.1. The molecule has 0 fully saturated rings. The van der Waals surface area contributed by atoms with E-state index in [9.17, 15) is 4.39 Å². The van der Waals surface area contributed by atoms with Gasteiger partial charge in [0.25, 0.3) is 0 Å². The van der Waals surface area contributed by atoms with Crippen LogP contribution in [0.1, 0.15) is 25.8 Å². The second-order valence-corrected chi connectivity index (χ2v) is 4.88. The molecule has 0 radical (unpaired) electrons. The fraction of sp³-hybridized carbons (Fsp3) is 0.538. The normalized spacial score (nSPS) is 16.4. The van der Waals surface area contributed by atoms with Crippen molar-refractivity contribution in [2.45, 2.75) is 38.8 Å². The number of rotatable bonds is 5. The number of ether oxygens (including phenoxy) is 1. The summed E-state index contributed by atoms with van der Waals surface area (Å²) in [7, 11) is 0. The molecule has 0 aromatic heterocycles. The zero-order chi connectivity index (χ0) is 13.1. The van der Waals surface area contributed by atoms with Crippen molar-refractivity contribution < 1.29 is 14.2 Å². The summed E-state index contributed by atoms with van der Waals surface area (Å²) in [5, 5.41) is 9.05. The molecule has 0 aliphatic rings. The van der Waals surface area contributed by atoms with E-state index < -0.39 is 5.54 Å². The maximum absolute atomic E-state index is 13.4. The highest BCUT2D eigenvalue weighted by Crippen LogP contribution is 2.21. The van der Waals surface area contributed by atoms with E-state index in [-0.39, 0.29) is 24.3 Å². The molecule has 0 amide bonds.